The molecule has 0 radical (unpaired) electrons. The van der Waals surface area contributed by atoms with Crippen LogP contribution in [0, 0.1) is 0 Å². The van der Waals surface area contributed by atoms with Gasteiger partial charge in [-0.15, -0.1) is 0 Å². The molecule has 0 saturated carbocycles. The topological polar surface area (TPSA) is 34.7 Å². The fourth-order valence-corrected chi connectivity index (χ4v) is 0.474. The molecule has 38 valence electrons. The molecule has 0 aromatic rings. The molecular weight excluding hydrogens is 78.0 g/mol. The van der Waals surface area contributed by atoms with E-state index in [0.717, 1.165) is 0 Å². The summed E-state index contributed by atoms with van der Waals surface area (Å²) in [7, 11) is 2.14. The van der Waals surface area contributed by atoms with Crippen LogP contribution in [0.25, 0.3) is 0 Å². The first-order valence-corrected chi connectivity index (χ1v) is 2.08. The van der Waals surface area contributed by atoms with E-state index in [1.165, 1.54) is 19.5 Å². The number of likely N-dealkylation sites (tertiary alicyclic amines) is 1. The molecule has 0 unspecified atom stereocenters. The lowest BCUT2D eigenvalue weighted by molar-refractivity contribution is 0.229. The van der Waals surface area contributed by atoms with Crippen LogP contribution in [0.5, 0.6) is 0 Å². The van der Waals surface area contributed by atoms with Gasteiger partial charge in [-0.1, -0.05) is 0 Å². The van der Waals surface area contributed by atoms with E-state index in [1.807, 2.05) is 0 Å². The third kappa shape index (κ3) is 0.954. The lowest BCUT2D eigenvalue weighted by Gasteiger charge is -2.24. The SMILES string of the molecule is CN1CCC1.O. The van der Waals surface area contributed by atoms with Gasteiger partial charge in [0.2, 0.25) is 0 Å². The van der Waals surface area contributed by atoms with Gasteiger partial charge in [-0.05, 0) is 26.6 Å². The Hall–Kier alpha value is -0.0800. The summed E-state index contributed by atoms with van der Waals surface area (Å²) < 4.78 is 0. The summed E-state index contributed by atoms with van der Waals surface area (Å²) in [5.41, 5.74) is 0. The highest BCUT2D eigenvalue weighted by atomic mass is 16.0. The Morgan fingerprint density at radius 1 is 1.33 bits per heavy atom. The van der Waals surface area contributed by atoms with Crippen molar-refractivity contribution >= 4 is 0 Å². The second-order valence-electron chi connectivity index (χ2n) is 1.66. The summed E-state index contributed by atoms with van der Waals surface area (Å²) in [4.78, 5) is 2.31. The van der Waals surface area contributed by atoms with Crippen LogP contribution in [0.1, 0.15) is 6.42 Å². The molecule has 1 saturated heterocycles. The molecular formula is C4H11NO. The molecule has 0 amide bonds. The molecule has 0 bridgehead atoms. The van der Waals surface area contributed by atoms with Gasteiger partial charge in [0, 0.05) is 0 Å². The lowest BCUT2D eigenvalue weighted by Crippen LogP contribution is -2.32. The van der Waals surface area contributed by atoms with Crippen LogP contribution in [0.2, 0.25) is 0 Å². The Morgan fingerprint density at radius 2 is 1.67 bits per heavy atom. The normalized spacial score (nSPS) is 21.5. The van der Waals surface area contributed by atoms with Crippen molar-refractivity contribution in [2.45, 2.75) is 6.42 Å². The highest BCUT2D eigenvalue weighted by molar-refractivity contribution is 4.61. The van der Waals surface area contributed by atoms with E-state index in [4.69, 9.17) is 0 Å². The third-order valence-electron chi connectivity index (χ3n) is 1.08. The van der Waals surface area contributed by atoms with E-state index in [-0.39, 0.29) is 5.48 Å². The van der Waals surface area contributed by atoms with Gasteiger partial charge in [-0.2, -0.15) is 0 Å². The predicted octanol–water partition coefficient (Wildman–Crippen LogP) is -0.503. The first-order valence-electron chi connectivity index (χ1n) is 2.08. The summed E-state index contributed by atoms with van der Waals surface area (Å²) in [5.74, 6) is 0. The summed E-state index contributed by atoms with van der Waals surface area (Å²) >= 11 is 0. The monoisotopic (exact) mass is 89.1 g/mol. The van der Waals surface area contributed by atoms with Gasteiger partial charge in [-0.25, -0.2) is 0 Å². The Kier molecular flexibility index (Phi) is 2.13. The zero-order valence-corrected chi connectivity index (χ0v) is 4.07. The molecule has 6 heavy (non-hydrogen) atoms. The minimum Gasteiger partial charge on any atom is -0.412 e. The Labute approximate surface area is 38.1 Å². The first kappa shape index (κ1) is 5.92. The van der Waals surface area contributed by atoms with Crippen LogP contribution < -0.4 is 0 Å². The number of rotatable bonds is 0. The van der Waals surface area contributed by atoms with Crippen molar-refractivity contribution in [1.82, 2.24) is 4.90 Å². The summed E-state index contributed by atoms with van der Waals surface area (Å²) in [6.07, 6.45) is 1.41. The second kappa shape index (κ2) is 2.16. The molecule has 0 aromatic carbocycles. The second-order valence-corrected chi connectivity index (χ2v) is 1.66. The third-order valence-corrected chi connectivity index (χ3v) is 1.08. The largest absolute Gasteiger partial charge is 0.412 e. The van der Waals surface area contributed by atoms with Crippen LogP contribution in [-0.2, 0) is 0 Å². The molecule has 1 heterocycles. The highest BCUT2D eigenvalue weighted by Crippen LogP contribution is 1.98. The fraction of sp³-hybridized carbons (Fsp3) is 1.00. The first-order chi connectivity index (χ1) is 2.39. The van der Waals surface area contributed by atoms with Gasteiger partial charge < -0.3 is 10.4 Å². The number of hydrogen-bond acceptors (Lipinski definition) is 1. The summed E-state index contributed by atoms with van der Waals surface area (Å²) in [5, 5.41) is 0. The van der Waals surface area contributed by atoms with Crippen LogP contribution >= 0.6 is 0 Å². The maximum absolute atomic E-state index is 2.31. The molecule has 2 heteroatoms. The molecule has 0 atom stereocenters. The highest BCUT2D eigenvalue weighted by Gasteiger charge is 2.04. The van der Waals surface area contributed by atoms with Crippen molar-refractivity contribution in [2.24, 2.45) is 0 Å². The minimum atomic E-state index is 0. The smallest absolute Gasteiger partial charge is 0.000959 e. The standard InChI is InChI=1S/C4H9N.H2O/c1-5-3-2-4-5;/h2-4H2,1H3;1H2. The quantitative estimate of drug-likeness (QED) is 0.394. The fourth-order valence-electron chi connectivity index (χ4n) is 0.474. The summed E-state index contributed by atoms with van der Waals surface area (Å²) in [6.45, 7) is 2.64. The molecule has 1 aliphatic heterocycles. The van der Waals surface area contributed by atoms with E-state index >= 15 is 0 Å². The van der Waals surface area contributed by atoms with Gasteiger partial charge in [0.25, 0.3) is 0 Å². The maximum atomic E-state index is 2.31. The van der Waals surface area contributed by atoms with Crippen molar-refractivity contribution in [1.29, 1.82) is 0 Å². The minimum absolute atomic E-state index is 0. The van der Waals surface area contributed by atoms with Crippen LogP contribution in [0.15, 0.2) is 0 Å². The predicted molar refractivity (Wildman–Crippen MR) is 25.7 cm³/mol. The number of hydrogen-bond donors (Lipinski definition) is 0. The maximum Gasteiger partial charge on any atom is -0.000959 e. The number of nitrogens with zero attached hydrogens (tertiary/aromatic N) is 1. The molecule has 2 N–H and O–H groups in total. The van der Waals surface area contributed by atoms with E-state index < -0.39 is 0 Å². The van der Waals surface area contributed by atoms with E-state index in [0.29, 0.717) is 0 Å². The molecule has 0 aromatic heterocycles. The Bertz CT molecular complexity index is 34.5. The molecule has 1 fully saturated rings. The Balaban J connectivity index is 0.000000250. The lowest BCUT2D eigenvalue weighted by atomic mass is 10.3. The zero-order chi connectivity index (χ0) is 3.70. The summed E-state index contributed by atoms with van der Waals surface area (Å²) in [6, 6.07) is 0. The van der Waals surface area contributed by atoms with Crippen molar-refractivity contribution < 1.29 is 5.48 Å². The zero-order valence-electron chi connectivity index (χ0n) is 4.07. The molecule has 0 spiro atoms. The van der Waals surface area contributed by atoms with E-state index in [1.54, 1.807) is 0 Å². The van der Waals surface area contributed by atoms with Crippen molar-refractivity contribution in [3.05, 3.63) is 0 Å². The molecule has 2 nitrogen and oxygen atoms in total. The van der Waals surface area contributed by atoms with Crippen molar-refractivity contribution in [3.8, 4) is 0 Å². The van der Waals surface area contributed by atoms with E-state index in [9.17, 15) is 0 Å². The van der Waals surface area contributed by atoms with Gasteiger partial charge in [-0.3, -0.25) is 0 Å². The van der Waals surface area contributed by atoms with Crippen LogP contribution in [-0.4, -0.2) is 30.5 Å². The molecule has 0 aliphatic carbocycles. The average molecular weight is 89.1 g/mol. The van der Waals surface area contributed by atoms with Crippen molar-refractivity contribution in [3.63, 3.8) is 0 Å². The van der Waals surface area contributed by atoms with Gasteiger partial charge in [0.1, 0.15) is 0 Å². The average Bonchev–Trinajstić information content (AvgIpc) is 1.30. The van der Waals surface area contributed by atoms with Gasteiger partial charge >= 0.3 is 0 Å². The van der Waals surface area contributed by atoms with Gasteiger partial charge in [0.05, 0.1) is 0 Å². The molecule has 1 rings (SSSR count). The van der Waals surface area contributed by atoms with E-state index in [2.05, 4.69) is 11.9 Å². The molecule has 1 aliphatic rings. The van der Waals surface area contributed by atoms with Crippen molar-refractivity contribution in [2.75, 3.05) is 20.1 Å². The Morgan fingerprint density at radius 3 is 1.67 bits per heavy atom. The van der Waals surface area contributed by atoms with Crippen LogP contribution in [0.4, 0.5) is 0 Å². The van der Waals surface area contributed by atoms with Crippen LogP contribution in [0.3, 0.4) is 0 Å². The van der Waals surface area contributed by atoms with Gasteiger partial charge in [0.15, 0.2) is 0 Å².